The van der Waals surface area contributed by atoms with E-state index in [-0.39, 0.29) is 0 Å². The number of nitrogens with two attached hydrogens (primary N) is 1. The highest BCUT2D eigenvalue weighted by atomic mass is 15.2. The first-order valence-electron chi connectivity index (χ1n) is 6.64. The van der Waals surface area contributed by atoms with Gasteiger partial charge < -0.3 is 5.43 Å². The standard InChI is InChI=1S/C16H27N3/c1-6-7-8-9-15(10-13(2)3)11-16(19-17)14(4)12-18-5/h6-9,11-13,19H,10,17H2,1-5H3/b7-6+,9-8-,15-11-,16-14-,18-12?. The van der Waals surface area contributed by atoms with E-state index < -0.39 is 0 Å². The van der Waals surface area contributed by atoms with Gasteiger partial charge in [0.25, 0.3) is 0 Å². The van der Waals surface area contributed by atoms with E-state index in [0.717, 1.165) is 17.7 Å². The number of hydrogen-bond donors (Lipinski definition) is 2. The maximum atomic E-state index is 5.59. The zero-order chi connectivity index (χ0) is 14.7. The van der Waals surface area contributed by atoms with Crippen molar-refractivity contribution >= 4 is 6.21 Å². The normalized spacial score (nSPS) is 15.0. The number of rotatable bonds is 7. The van der Waals surface area contributed by atoms with E-state index in [1.54, 1.807) is 13.3 Å². The molecule has 3 N–H and O–H groups in total. The molecule has 0 heterocycles. The van der Waals surface area contributed by atoms with Crippen molar-refractivity contribution in [2.24, 2.45) is 16.8 Å². The van der Waals surface area contributed by atoms with E-state index in [1.807, 2.05) is 32.1 Å². The highest BCUT2D eigenvalue weighted by Gasteiger charge is 2.01. The number of allylic oxidation sites excluding steroid dienone is 7. The van der Waals surface area contributed by atoms with Crippen LogP contribution < -0.4 is 11.3 Å². The molecule has 106 valence electrons. The van der Waals surface area contributed by atoms with Crippen molar-refractivity contribution in [2.75, 3.05) is 7.05 Å². The first-order valence-corrected chi connectivity index (χ1v) is 6.64. The lowest BCUT2D eigenvalue weighted by atomic mass is 10.0. The SMILES string of the molecule is C/C=C/C=C\C(=C\C(NN)=C(/C)C=NC)CC(C)C. The van der Waals surface area contributed by atoms with Crippen LogP contribution in [0.5, 0.6) is 0 Å². The Balaban J connectivity index is 5.30. The second kappa shape index (κ2) is 10.3. The quantitative estimate of drug-likeness (QED) is 0.319. The average molecular weight is 261 g/mol. The molecule has 0 aromatic carbocycles. The maximum Gasteiger partial charge on any atom is 0.0532 e. The third-order valence-corrected chi connectivity index (χ3v) is 2.49. The van der Waals surface area contributed by atoms with Crippen LogP contribution in [-0.4, -0.2) is 13.3 Å². The molecule has 0 spiro atoms. The fourth-order valence-corrected chi connectivity index (χ4v) is 1.65. The van der Waals surface area contributed by atoms with Gasteiger partial charge in [0.2, 0.25) is 0 Å². The lowest BCUT2D eigenvalue weighted by molar-refractivity contribution is 0.649. The third-order valence-electron chi connectivity index (χ3n) is 2.49. The van der Waals surface area contributed by atoms with Crippen LogP contribution in [0, 0.1) is 5.92 Å². The molecule has 0 saturated heterocycles. The molecule has 0 bridgehead atoms. The Hall–Kier alpha value is -1.61. The fourth-order valence-electron chi connectivity index (χ4n) is 1.65. The lowest BCUT2D eigenvalue weighted by Crippen LogP contribution is -2.21. The van der Waals surface area contributed by atoms with E-state index in [4.69, 9.17) is 5.84 Å². The maximum absolute atomic E-state index is 5.59. The minimum absolute atomic E-state index is 0.598. The van der Waals surface area contributed by atoms with Crippen molar-refractivity contribution in [1.29, 1.82) is 0 Å². The van der Waals surface area contributed by atoms with Crippen molar-refractivity contribution in [3.8, 4) is 0 Å². The van der Waals surface area contributed by atoms with Crippen LogP contribution in [0.4, 0.5) is 0 Å². The van der Waals surface area contributed by atoms with Crippen molar-refractivity contribution in [2.45, 2.75) is 34.1 Å². The molecule has 0 saturated carbocycles. The summed E-state index contributed by atoms with van der Waals surface area (Å²) in [5, 5.41) is 0. The van der Waals surface area contributed by atoms with Gasteiger partial charge in [0.1, 0.15) is 0 Å². The molecular formula is C16H27N3. The summed E-state index contributed by atoms with van der Waals surface area (Å²) in [6.07, 6.45) is 13.1. The predicted octanol–water partition coefficient (Wildman–Crippen LogP) is 3.53. The molecule has 3 nitrogen and oxygen atoms in total. The second-order valence-electron chi connectivity index (χ2n) is 4.83. The van der Waals surface area contributed by atoms with E-state index in [1.165, 1.54) is 5.57 Å². The van der Waals surface area contributed by atoms with Gasteiger partial charge in [-0.25, -0.2) is 0 Å². The van der Waals surface area contributed by atoms with Crippen LogP contribution in [0.15, 0.2) is 52.2 Å². The van der Waals surface area contributed by atoms with Gasteiger partial charge in [-0.2, -0.15) is 0 Å². The Morgan fingerprint density at radius 1 is 1.32 bits per heavy atom. The van der Waals surface area contributed by atoms with E-state index in [0.29, 0.717) is 5.92 Å². The molecule has 0 aliphatic carbocycles. The zero-order valence-electron chi connectivity index (χ0n) is 12.8. The summed E-state index contributed by atoms with van der Waals surface area (Å²) in [5.41, 5.74) is 5.90. The third kappa shape index (κ3) is 8.16. The van der Waals surface area contributed by atoms with Gasteiger partial charge in [0, 0.05) is 13.3 Å². The summed E-state index contributed by atoms with van der Waals surface area (Å²) in [6.45, 7) is 8.40. The Morgan fingerprint density at radius 3 is 2.47 bits per heavy atom. The Kier molecular flexibility index (Phi) is 9.45. The predicted molar refractivity (Wildman–Crippen MR) is 85.9 cm³/mol. The Bertz CT molecular complexity index is 396. The number of hydrogen-bond acceptors (Lipinski definition) is 3. The van der Waals surface area contributed by atoms with Gasteiger partial charge in [0.15, 0.2) is 0 Å². The molecule has 0 aromatic heterocycles. The van der Waals surface area contributed by atoms with Crippen molar-refractivity contribution in [1.82, 2.24) is 5.43 Å². The minimum Gasteiger partial charge on any atom is -0.324 e. The molecule has 19 heavy (non-hydrogen) atoms. The molecule has 0 aromatic rings. The van der Waals surface area contributed by atoms with Crippen molar-refractivity contribution in [3.05, 3.63) is 47.2 Å². The second-order valence-corrected chi connectivity index (χ2v) is 4.83. The fraction of sp³-hybridized carbons (Fsp3) is 0.438. The average Bonchev–Trinajstić information content (AvgIpc) is 2.35. The Morgan fingerprint density at radius 2 is 2.00 bits per heavy atom. The molecule has 0 aliphatic heterocycles. The largest absolute Gasteiger partial charge is 0.324 e. The smallest absolute Gasteiger partial charge is 0.0532 e. The highest BCUT2D eigenvalue weighted by Crippen LogP contribution is 2.15. The van der Waals surface area contributed by atoms with Crippen molar-refractivity contribution in [3.63, 3.8) is 0 Å². The van der Waals surface area contributed by atoms with Gasteiger partial charge in [-0.1, -0.05) is 38.2 Å². The molecule has 0 atom stereocenters. The first kappa shape index (κ1) is 17.4. The summed E-state index contributed by atoms with van der Waals surface area (Å²) < 4.78 is 0. The van der Waals surface area contributed by atoms with Crippen LogP contribution in [0.25, 0.3) is 0 Å². The molecule has 0 unspecified atom stereocenters. The molecule has 0 radical (unpaired) electrons. The van der Waals surface area contributed by atoms with Crippen LogP contribution in [0.2, 0.25) is 0 Å². The van der Waals surface area contributed by atoms with Gasteiger partial charge in [-0.3, -0.25) is 10.8 Å². The van der Waals surface area contributed by atoms with Crippen LogP contribution in [0.3, 0.4) is 0 Å². The van der Waals surface area contributed by atoms with E-state index in [2.05, 4.69) is 36.4 Å². The van der Waals surface area contributed by atoms with Crippen LogP contribution in [-0.2, 0) is 0 Å². The minimum atomic E-state index is 0.598. The van der Waals surface area contributed by atoms with E-state index in [9.17, 15) is 0 Å². The summed E-state index contributed by atoms with van der Waals surface area (Å²) >= 11 is 0. The first-order chi connectivity index (χ1) is 9.04. The molecule has 3 heteroatoms. The number of hydrazine groups is 1. The molecular weight excluding hydrogens is 234 g/mol. The molecule has 0 fully saturated rings. The lowest BCUT2D eigenvalue weighted by Gasteiger charge is -2.09. The molecule has 0 rings (SSSR count). The summed E-state index contributed by atoms with van der Waals surface area (Å²) in [6, 6.07) is 0. The number of aliphatic imine (C=N–C) groups is 1. The van der Waals surface area contributed by atoms with Gasteiger partial charge in [0.05, 0.1) is 5.70 Å². The number of nitrogens with one attached hydrogen (secondary N) is 1. The molecule has 0 aliphatic rings. The van der Waals surface area contributed by atoms with E-state index >= 15 is 0 Å². The molecule has 0 amide bonds. The van der Waals surface area contributed by atoms with Crippen LogP contribution in [0.1, 0.15) is 34.1 Å². The van der Waals surface area contributed by atoms with Gasteiger partial charge in [-0.15, -0.1) is 0 Å². The monoisotopic (exact) mass is 261 g/mol. The van der Waals surface area contributed by atoms with Crippen LogP contribution >= 0.6 is 0 Å². The van der Waals surface area contributed by atoms with Gasteiger partial charge in [-0.05, 0) is 43.4 Å². The topological polar surface area (TPSA) is 50.4 Å². The summed E-state index contributed by atoms with van der Waals surface area (Å²) in [7, 11) is 1.75. The van der Waals surface area contributed by atoms with Gasteiger partial charge >= 0.3 is 0 Å². The number of nitrogens with zero attached hydrogens (tertiary/aromatic N) is 1. The van der Waals surface area contributed by atoms with Crippen molar-refractivity contribution < 1.29 is 0 Å². The highest BCUT2D eigenvalue weighted by molar-refractivity contribution is 5.79. The summed E-state index contributed by atoms with van der Waals surface area (Å²) in [5.74, 6) is 6.18. The summed E-state index contributed by atoms with van der Waals surface area (Å²) in [4.78, 5) is 4.01. The zero-order valence-corrected chi connectivity index (χ0v) is 12.8. The Labute approximate surface area is 117 Å².